The number of rotatable bonds is 6. The van der Waals surface area contributed by atoms with Gasteiger partial charge < -0.3 is 19.5 Å². The van der Waals surface area contributed by atoms with Crippen LogP contribution in [0.4, 0.5) is 5.69 Å². The molecule has 0 aliphatic carbocycles. The van der Waals surface area contributed by atoms with E-state index in [2.05, 4.69) is 5.32 Å². The molecular weight excluding hydrogens is 360 g/mol. The lowest BCUT2D eigenvalue weighted by Gasteiger charge is -2.13. The molecule has 0 unspecified atom stereocenters. The molecule has 0 aliphatic heterocycles. The molecule has 26 heavy (non-hydrogen) atoms. The summed E-state index contributed by atoms with van der Waals surface area (Å²) in [4.78, 5) is 23.9. The van der Waals surface area contributed by atoms with E-state index in [0.717, 1.165) is 0 Å². The first-order valence-electron chi connectivity index (χ1n) is 7.37. The van der Waals surface area contributed by atoms with Crippen molar-refractivity contribution in [2.75, 3.05) is 26.1 Å². The third-order valence-electron chi connectivity index (χ3n) is 3.33. The molecule has 0 heterocycles. The fraction of sp³-hybridized carbons (Fsp3) is 0.167. The molecule has 2 aromatic rings. The molecule has 0 saturated carbocycles. The second kappa shape index (κ2) is 8.74. The summed E-state index contributed by atoms with van der Waals surface area (Å²) >= 11 is 6.03. The monoisotopic (exact) mass is 374 g/mol. The Balaban J connectivity index is 1.99. The number of methoxy groups -OCH3 is 2. The normalized spacial score (nSPS) is 9.77. The van der Waals surface area contributed by atoms with E-state index in [1.54, 1.807) is 0 Å². The Hall–Kier alpha value is -3.24. The van der Waals surface area contributed by atoms with Crippen LogP contribution < -0.4 is 14.8 Å². The highest BCUT2D eigenvalue weighted by atomic mass is 35.5. The molecule has 0 spiro atoms. The Morgan fingerprint density at radius 3 is 2.35 bits per heavy atom. The fourth-order valence-corrected chi connectivity index (χ4v) is 2.28. The fourth-order valence-electron chi connectivity index (χ4n) is 2.04. The SMILES string of the molecule is COc1cc(OC)c(NC(=O)COC(=O)c2ccc(C#N)cc2)cc1Cl. The van der Waals surface area contributed by atoms with Crippen molar-refractivity contribution >= 4 is 29.2 Å². The number of nitrogens with one attached hydrogen (secondary N) is 1. The highest BCUT2D eigenvalue weighted by Crippen LogP contribution is 2.35. The van der Waals surface area contributed by atoms with Gasteiger partial charge in [-0.3, -0.25) is 4.79 Å². The zero-order chi connectivity index (χ0) is 19.1. The van der Waals surface area contributed by atoms with E-state index in [-0.39, 0.29) is 10.6 Å². The highest BCUT2D eigenvalue weighted by molar-refractivity contribution is 6.32. The Kier molecular flexibility index (Phi) is 6.42. The lowest BCUT2D eigenvalue weighted by Crippen LogP contribution is -2.21. The Morgan fingerprint density at radius 1 is 1.12 bits per heavy atom. The largest absolute Gasteiger partial charge is 0.495 e. The number of nitriles is 1. The quantitative estimate of drug-likeness (QED) is 0.780. The number of ether oxygens (including phenoxy) is 3. The Morgan fingerprint density at radius 2 is 1.77 bits per heavy atom. The van der Waals surface area contributed by atoms with Gasteiger partial charge in [-0.15, -0.1) is 0 Å². The first-order chi connectivity index (χ1) is 12.5. The van der Waals surface area contributed by atoms with E-state index in [1.807, 2.05) is 6.07 Å². The lowest BCUT2D eigenvalue weighted by molar-refractivity contribution is -0.119. The second-order valence-electron chi connectivity index (χ2n) is 5.00. The van der Waals surface area contributed by atoms with Crippen molar-refractivity contribution in [2.24, 2.45) is 0 Å². The van der Waals surface area contributed by atoms with E-state index in [4.69, 9.17) is 31.1 Å². The number of amides is 1. The van der Waals surface area contributed by atoms with E-state index in [9.17, 15) is 9.59 Å². The van der Waals surface area contributed by atoms with Gasteiger partial charge >= 0.3 is 5.97 Å². The van der Waals surface area contributed by atoms with Crippen LogP contribution in [0.25, 0.3) is 0 Å². The van der Waals surface area contributed by atoms with Crippen LogP contribution in [0.3, 0.4) is 0 Å². The Bertz CT molecular complexity index is 859. The van der Waals surface area contributed by atoms with Gasteiger partial charge in [0.2, 0.25) is 0 Å². The number of nitrogens with zero attached hydrogens (tertiary/aromatic N) is 1. The molecular formula is C18H15ClN2O5. The number of esters is 1. The zero-order valence-corrected chi connectivity index (χ0v) is 14.8. The van der Waals surface area contributed by atoms with Crippen LogP contribution in [0.2, 0.25) is 5.02 Å². The summed E-state index contributed by atoms with van der Waals surface area (Å²) in [5.74, 6) is -0.498. The first kappa shape index (κ1) is 19.1. The lowest BCUT2D eigenvalue weighted by atomic mass is 10.1. The summed E-state index contributed by atoms with van der Waals surface area (Å²) < 4.78 is 15.2. The number of anilines is 1. The van der Waals surface area contributed by atoms with Crippen LogP contribution in [-0.4, -0.2) is 32.7 Å². The van der Waals surface area contributed by atoms with Gasteiger partial charge in [-0.2, -0.15) is 5.26 Å². The number of carbonyl (C=O) groups excluding carboxylic acids is 2. The molecule has 0 fully saturated rings. The highest BCUT2D eigenvalue weighted by Gasteiger charge is 2.14. The van der Waals surface area contributed by atoms with Crippen LogP contribution in [0.1, 0.15) is 15.9 Å². The van der Waals surface area contributed by atoms with Gasteiger partial charge in [-0.1, -0.05) is 11.6 Å². The molecule has 134 valence electrons. The van der Waals surface area contributed by atoms with Crippen molar-refractivity contribution in [1.82, 2.24) is 0 Å². The van der Waals surface area contributed by atoms with E-state index >= 15 is 0 Å². The van der Waals surface area contributed by atoms with E-state index < -0.39 is 18.5 Å². The molecule has 2 aromatic carbocycles. The van der Waals surface area contributed by atoms with E-state index in [1.165, 1.54) is 50.6 Å². The van der Waals surface area contributed by atoms with Crippen molar-refractivity contribution in [3.63, 3.8) is 0 Å². The van der Waals surface area contributed by atoms with Crippen LogP contribution in [-0.2, 0) is 9.53 Å². The predicted molar refractivity (Wildman–Crippen MR) is 94.6 cm³/mol. The van der Waals surface area contributed by atoms with Gasteiger partial charge in [0.25, 0.3) is 5.91 Å². The summed E-state index contributed by atoms with van der Waals surface area (Å²) in [6.45, 7) is -0.494. The zero-order valence-electron chi connectivity index (χ0n) is 14.0. The average Bonchev–Trinajstić information content (AvgIpc) is 2.66. The summed E-state index contributed by atoms with van der Waals surface area (Å²) in [7, 11) is 2.89. The molecule has 1 amide bonds. The van der Waals surface area contributed by atoms with Gasteiger partial charge in [0.1, 0.15) is 11.5 Å². The molecule has 0 aliphatic rings. The minimum Gasteiger partial charge on any atom is -0.495 e. The van der Waals surface area contributed by atoms with Gasteiger partial charge in [0.05, 0.1) is 42.1 Å². The van der Waals surface area contributed by atoms with Crippen LogP contribution >= 0.6 is 11.6 Å². The van der Waals surface area contributed by atoms with Crippen LogP contribution in [0.15, 0.2) is 36.4 Å². The maximum absolute atomic E-state index is 12.0. The van der Waals surface area contributed by atoms with Gasteiger partial charge in [0.15, 0.2) is 6.61 Å². The molecule has 0 radical (unpaired) electrons. The molecule has 0 atom stereocenters. The molecule has 7 nitrogen and oxygen atoms in total. The van der Waals surface area contributed by atoms with E-state index in [0.29, 0.717) is 22.7 Å². The number of carbonyl (C=O) groups is 2. The molecule has 0 saturated heterocycles. The van der Waals surface area contributed by atoms with Crippen molar-refractivity contribution in [1.29, 1.82) is 5.26 Å². The summed E-state index contributed by atoms with van der Waals surface area (Å²) in [6.07, 6.45) is 0. The minimum atomic E-state index is -0.677. The molecule has 0 aromatic heterocycles. The van der Waals surface area contributed by atoms with Crippen LogP contribution in [0.5, 0.6) is 11.5 Å². The Labute approximate surface area is 155 Å². The van der Waals surface area contributed by atoms with Gasteiger partial charge in [-0.05, 0) is 30.3 Å². The predicted octanol–water partition coefficient (Wildman–Crippen LogP) is 3.02. The number of hydrogen-bond donors (Lipinski definition) is 1. The maximum Gasteiger partial charge on any atom is 0.338 e. The topological polar surface area (TPSA) is 97.7 Å². The van der Waals surface area contributed by atoms with Crippen LogP contribution in [0, 0.1) is 11.3 Å². The van der Waals surface area contributed by atoms with Crippen molar-refractivity contribution in [3.05, 3.63) is 52.5 Å². The van der Waals surface area contributed by atoms with Gasteiger partial charge in [-0.25, -0.2) is 4.79 Å². The standard InChI is InChI=1S/C18H15ClN2O5/c1-24-15-8-16(25-2)14(7-13(15)19)21-17(22)10-26-18(23)12-5-3-11(9-20)4-6-12/h3-8H,10H2,1-2H3,(H,21,22). The molecule has 2 rings (SSSR count). The first-order valence-corrected chi connectivity index (χ1v) is 7.75. The third kappa shape index (κ3) is 4.65. The summed E-state index contributed by atoms with van der Waals surface area (Å²) in [5, 5.41) is 11.6. The molecule has 8 heteroatoms. The van der Waals surface area contributed by atoms with Crippen molar-refractivity contribution in [3.8, 4) is 17.6 Å². The smallest absolute Gasteiger partial charge is 0.338 e. The second-order valence-corrected chi connectivity index (χ2v) is 5.41. The summed E-state index contributed by atoms with van der Waals surface area (Å²) in [5.41, 5.74) is 0.974. The van der Waals surface area contributed by atoms with Crippen molar-refractivity contribution in [2.45, 2.75) is 0 Å². The average molecular weight is 375 g/mol. The molecule has 1 N–H and O–H groups in total. The number of hydrogen-bond acceptors (Lipinski definition) is 6. The van der Waals surface area contributed by atoms with Gasteiger partial charge in [0, 0.05) is 6.07 Å². The summed E-state index contributed by atoms with van der Waals surface area (Å²) in [6, 6.07) is 10.8. The number of benzene rings is 2. The third-order valence-corrected chi connectivity index (χ3v) is 3.63. The van der Waals surface area contributed by atoms with Crippen molar-refractivity contribution < 1.29 is 23.8 Å². The minimum absolute atomic E-state index is 0.238. The molecule has 0 bridgehead atoms. The number of halogens is 1. The maximum atomic E-state index is 12.0.